The van der Waals surface area contributed by atoms with Gasteiger partial charge in [-0.3, -0.25) is 4.79 Å². The van der Waals surface area contributed by atoms with E-state index in [1.54, 1.807) is 5.38 Å². The van der Waals surface area contributed by atoms with Gasteiger partial charge in [0.05, 0.1) is 11.6 Å². The molecule has 0 aliphatic heterocycles. The summed E-state index contributed by atoms with van der Waals surface area (Å²) in [4.78, 5) is 15.9. The molecule has 0 aliphatic rings. The van der Waals surface area contributed by atoms with Crippen molar-refractivity contribution in [1.29, 1.82) is 0 Å². The SMILES string of the molecule is O=C(NCCO)c1csc(Cc2ccccc2)n1. The van der Waals surface area contributed by atoms with Crippen molar-refractivity contribution in [3.63, 3.8) is 0 Å². The van der Waals surface area contributed by atoms with Gasteiger partial charge in [-0.1, -0.05) is 30.3 Å². The zero-order valence-electron chi connectivity index (χ0n) is 9.80. The maximum Gasteiger partial charge on any atom is 0.270 e. The molecule has 0 atom stereocenters. The third-order valence-electron chi connectivity index (χ3n) is 2.38. The molecule has 2 aromatic rings. The lowest BCUT2D eigenvalue weighted by Crippen LogP contribution is -2.26. The Balaban J connectivity index is 2.00. The molecule has 1 aromatic heterocycles. The van der Waals surface area contributed by atoms with E-state index in [9.17, 15) is 4.79 Å². The molecule has 5 heteroatoms. The van der Waals surface area contributed by atoms with Crippen LogP contribution in [0.5, 0.6) is 0 Å². The Morgan fingerprint density at radius 3 is 2.83 bits per heavy atom. The molecule has 0 aliphatic carbocycles. The van der Waals surface area contributed by atoms with Gasteiger partial charge in [-0.05, 0) is 5.56 Å². The van der Waals surface area contributed by atoms with E-state index in [0.29, 0.717) is 5.69 Å². The Labute approximate surface area is 109 Å². The molecule has 1 aromatic carbocycles. The number of aliphatic hydroxyl groups is 1. The monoisotopic (exact) mass is 262 g/mol. The topological polar surface area (TPSA) is 62.2 Å². The minimum atomic E-state index is -0.236. The number of hydrogen-bond donors (Lipinski definition) is 2. The van der Waals surface area contributed by atoms with Crippen molar-refractivity contribution in [2.45, 2.75) is 6.42 Å². The van der Waals surface area contributed by atoms with E-state index in [2.05, 4.69) is 10.3 Å². The van der Waals surface area contributed by atoms with Crippen LogP contribution in [0.1, 0.15) is 21.1 Å². The first-order chi connectivity index (χ1) is 8.79. The molecule has 0 unspecified atom stereocenters. The molecular formula is C13H14N2O2S. The third kappa shape index (κ3) is 3.38. The molecule has 2 N–H and O–H groups in total. The molecule has 2 rings (SSSR count). The number of hydrogen-bond acceptors (Lipinski definition) is 4. The van der Waals surface area contributed by atoms with E-state index in [1.165, 1.54) is 16.9 Å². The predicted octanol–water partition coefficient (Wildman–Crippen LogP) is 1.46. The molecular weight excluding hydrogens is 248 g/mol. The van der Waals surface area contributed by atoms with Gasteiger partial charge in [0.15, 0.2) is 0 Å². The molecule has 0 fully saturated rings. The third-order valence-corrected chi connectivity index (χ3v) is 3.23. The second-order valence-electron chi connectivity index (χ2n) is 3.77. The average Bonchev–Trinajstić information content (AvgIpc) is 2.86. The lowest BCUT2D eigenvalue weighted by molar-refractivity contribution is 0.0940. The van der Waals surface area contributed by atoms with E-state index in [-0.39, 0.29) is 19.1 Å². The Morgan fingerprint density at radius 1 is 1.33 bits per heavy atom. The first-order valence-electron chi connectivity index (χ1n) is 5.67. The summed E-state index contributed by atoms with van der Waals surface area (Å²) in [5.74, 6) is -0.236. The second-order valence-corrected chi connectivity index (χ2v) is 4.71. The van der Waals surface area contributed by atoms with Crippen LogP contribution in [0, 0.1) is 0 Å². The lowest BCUT2D eigenvalue weighted by Gasteiger charge is -1.99. The van der Waals surface area contributed by atoms with E-state index >= 15 is 0 Å². The molecule has 18 heavy (non-hydrogen) atoms. The van der Waals surface area contributed by atoms with Crippen LogP contribution in [-0.4, -0.2) is 29.1 Å². The molecule has 0 saturated heterocycles. The summed E-state index contributed by atoms with van der Waals surface area (Å²) in [6, 6.07) is 10.0. The van der Waals surface area contributed by atoms with Crippen molar-refractivity contribution < 1.29 is 9.90 Å². The van der Waals surface area contributed by atoms with Gasteiger partial charge in [0.25, 0.3) is 5.91 Å². The zero-order chi connectivity index (χ0) is 12.8. The van der Waals surface area contributed by atoms with Gasteiger partial charge in [0.2, 0.25) is 0 Å². The number of rotatable bonds is 5. The standard InChI is InChI=1S/C13H14N2O2S/c16-7-6-14-13(17)11-9-18-12(15-11)8-10-4-2-1-3-5-10/h1-5,9,16H,6-8H2,(H,14,17). The van der Waals surface area contributed by atoms with Gasteiger partial charge in [-0.2, -0.15) is 0 Å². The summed E-state index contributed by atoms with van der Waals surface area (Å²) in [6.45, 7) is 0.192. The maximum absolute atomic E-state index is 11.6. The Bertz CT molecular complexity index is 511. The van der Waals surface area contributed by atoms with Gasteiger partial charge in [0, 0.05) is 18.3 Å². The van der Waals surface area contributed by atoms with E-state index in [4.69, 9.17) is 5.11 Å². The highest BCUT2D eigenvalue weighted by Crippen LogP contribution is 2.14. The Kier molecular flexibility index (Phi) is 4.44. The van der Waals surface area contributed by atoms with Crippen LogP contribution in [0.2, 0.25) is 0 Å². The fourth-order valence-electron chi connectivity index (χ4n) is 1.53. The number of aliphatic hydroxyl groups excluding tert-OH is 1. The molecule has 0 bridgehead atoms. The van der Waals surface area contributed by atoms with Crippen LogP contribution < -0.4 is 5.32 Å². The van der Waals surface area contributed by atoms with E-state index < -0.39 is 0 Å². The Morgan fingerprint density at radius 2 is 2.11 bits per heavy atom. The molecule has 94 valence electrons. The number of nitrogens with one attached hydrogen (secondary N) is 1. The normalized spacial score (nSPS) is 10.3. The quantitative estimate of drug-likeness (QED) is 0.857. The summed E-state index contributed by atoms with van der Waals surface area (Å²) in [7, 11) is 0. The maximum atomic E-state index is 11.6. The van der Waals surface area contributed by atoms with Crippen molar-refractivity contribution in [3.05, 3.63) is 52.0 Å². The van der Waals surface area contributed by atoms with Crippen molar-refractivity contribution in [2.24, 2.45) is 0 Å². The van der Waals surface area contributed by atoms with Crippen molar-refractivity contribution in [3.8, 4) is 0 Å². The number of aromatic nitrogens is 1. The fraction of sp³-hybridized carbons (Fsp3) is 0.231. The van der Waals surface area contributed by atoms with E-state index in [0.717, 1.165) is 11.4 Å². The van der Waals surface area contributed by atoms with Gasteiger partial charge in [0.1, 0.15) is 5.69 Å². The summed E-state index contributed by atoms with van der Waals surface area (Å²) < 4.78 is 0. The van der Waals surface area contributed by atoms with Gasteiger partial charge >= 0.3 is 0 Å². The Hall–Kier alpha value is -1.72. The molecule has 1 amide bonds. The van der Waals surface area contributed by atoms with Crippen LogP contribution in [0.3, 0.4) is 0 Å². The second kappa shape index (κ2) is 6.28. The highest BCUT2D eigenvalue weighted by Gasteiger charge is 2.10. The molecule has 0 saturated carbocycles. The van der Waals surface area contributed by atoms with Crippen molar-refractivity contribution >= 4 is 17.2 Å². The number of carbonyl (C=O) groups is 1. The largest absolute Gasteiger partial charge is 0.395 e. The van der Waals surface area contributed by atoms with Crippen LogP contribution in [0.15, 0.2) is 35.7 Å². The molecule has 4 nitrogen and oxygen atoms in total. The number of carbonyl (C=O) groups excluding carboxylic acids is 1. The van der Waals surface area contributed by atoms with Gasteiger partial charge in [-0.15, -0.1) is 11.3 Å². The summed E-state index contributed by atoms with van der Waals surface area (Å²) in [6.07, 6.45) is 0.735. The first kappa shape index (κ1) is 12.7. The summed E-state index contributed by atoms with van der Waals surface area (Å²) in [5.41, 5.74) is 1.59. The summed E-state index contributed by atoms with van der Waals surface area (Å²) >= 11 is 1.47. The average molecular weight is 262 g/mol. The number of nitrogens with zero attached hydrogens (tertiary/aromatic N) is 1. The van der Waals surface area contributed by atoms with Crippen LogP contribution >= 0.6 is 11.3 Å². The van der Waals surface area contributed by atoms with Crippen molar-refractivity contribution in [1.82, 2.24) is 10.3 Å². The van der Waals surface area contributed by atoms with Gasteiger partial charge in [-0.25, -0.2) is 4.98 Å². The first-order valence-corrected chi connectivity index (χ1v) is 6.55. The highest BCUT2D eigenvalue weighted by molar-refractivity contribution is 7.09. The lowest BCUT2D eigenvalue weighted by atomic mass is 10.2. The predicted molar refractivity (Wildman–Crippen MR) is 70.8 cm³/mol. The summed E-state index contributed by atoms with van der Waals surface area (Å²) in [5, 5.41) is 13.9. The number of benzene rings is 1. The molecule has 1 heterocycles. The van der Waals surface area contributed by atoms with Crippen LogP contribution in [0.25, 0.3) is 0 Å². The minimum Gasteiger partial charge on any atom is -0.395 e. The minimum absolute atomic E-state index is 0.0627. The number of amides is 1. The highest BCUT2D eigenvalue weighted by atomic mass is 32.1. The molecule has 0 radical (unpaired) electrons. The number of thiazole rings is 1. The smallest absolute Gasteiger partial charge is 0.270 e. The van der Waals surface area contributed by atoms with Crippen molar-refractivity contribution in [2.75, 3.05) is 13.2 Å². The van der Waals surface area contributed by atoms with Gasteiger partial charge < -0.3 is 10.4 Å². The van der Waals surface area contributed by atoms with Crippen LogP contribution in [-0.2, 0) is 6.42 Å². The van der Waals surface area contributed by atoms with E-state index in [1.807, 2.05) is 30.3 Å². The fourth-order valence-corrected chi connectivity index (χ4v) is 2.34. The van der Waals surface area contributed by atoms with Crippen LogP contribution in [0.4, 0.5) is 0 Å². The molecule has 0 spiro atoms. The zero-order valence-corrected chi connectivity index (χ0v) is 10.6.